The fraction of sp³-hybridized carbons (Fsp3) is 0.292. The van der Waals surface area contributed by atoms with Crippen molar-refractivity contribution in [2.75, 3.05) is 11.5 Å². The molecule has 1 unspecified atom stereocenters. The van der Waals surface area contributed by atoms with Gasteiger partial charge in [-0.25, -0.2) is 14.4 Å². The van der Waals surface area contributed by atoms with E-state index in [0.717, 1.165) is 23.7 Å². The average molecular weight is 515 g/mol. The van der Waals surface area contributed by atoms with Crippen LogP contribution < -0.4 is 4.90 Å². The number of imidazole rings is 1. The molecule has 0 aliphatic carbocycles. The predicted octanol–water partition coefficient (Wildman–Crippen LogP) is 6.35. The van der Waals surface area contributed by atoms with E-state index in [1.54, 1.807) is 28.9 Å². The third kappa shape index (κ3) is 4.29. The van der Waals surface area contributed by atoms with Crippen molar-refractivity contribution in [3.63, 3.8) is 0 Å². The molecule has 0 N–H and O–H groups in total. The molecule has 0 bridgehead atoms. The second-order valence-corrected chi connectivity index (χ2v) is 16.5. The Balaban J connectivity index is 1.46. The Morgan fingerprint density at radius 3 is 2.76 bits per heavy atom. The molecule has 5 rings (SSSR count). The van der Waals surface area contributed by atoms with Crippen molar-refractivity contribution < 1.29 is 13.9 Å². The Bertz CT molecular complexity index is 1380. The van der Waals surface area contributed by atoms with Gasteiger partial charge in [0.1, 0.15) is 23.5 Å². The van der Waals surface area contributed by atoms with Gasteiger partial charge >= 0.3 is 0 Å². The number of ether oxygens (including phenoxy) is 1. The number of hydrogen-bond donors (Lipinski definition) is 0. The number of hydrogen-bond acceptors (Lipinski definition) is 5. The largest absolute Gasteiger partial charge is 0.361 e. The van der Waals surface area contributed by atoms with E-state index in [2.05, 4.69) is 29.6 Å². The summed E-state index contributed by atoms with van der Waals surface area (Å²) in [6.45, 7) is 8.11. The number of benzene rings is 2. The van der Waals surface area contributed by atoms with E-state index in [1.807, 2.05) is 22.8 Å². The number of halogens is 2. The third-order valence-corrected chi connectivity index (χ3v) is 8.66. The van der Waals surface area contributed by atoms with Crippen molar-refractivity contribution in [3.8, 4) is 0 Å². The van der Waals surface area contributed by atoms with Gasteiger partial charge in [0.05, 0.1) is 28.6 Å². The van der Waals surface area contributed by atoms with E-state index < -0.39 is 19.9 Å². The fourth-order valence-electron chi connectivity index (χ4n) is 4.08. The number of amides is 1. The van der Waals surface area contributed by atoms with Crippen LogP contribution in [0.15, 0.2) is 48.2 Å². The second-order valence-electron chi connectivity index (χ2n) is 9.55. The number of carbonyl (C=O) groups excluding carboxylic acids is 1. The quantitative estimate of drug-likeness (QED) is 0.213. The summed E-state index contributed by atoms with van der Waals surface area (Å²) in [4.78, 5) is 24.3. The number of aromatic nitrogens is 3. The summed E-state index contributed by atoms with van der Waals surface area (Å²) in [6, 6.07) is 10.6. The predicted molar refractivity (Wildman–Crippen MR) is 136 cm³/mol. The lowest BCUT2D eigenvalue weighted by Gasteiger charge is -2.25. The smallest absolute Gasteiger partial charge is 0.271 e. The molecule has 1 aliphatic rings. The van der Waals surface area contributed by atoms with Gasteiger partial charge in [0, 0.05) is 31.0 Å². The van der Waals surface area contributed by atoms with Crippen LogP contribution in [0.25, 0.3) is 11.0 Å². The van der Waals surface area contributed by atoms with Crippen molar-refractivity contribution in [1.82, 2.24) is 14.5 Å². The first-order valence-corrected chi connectivity index (χ1v) is 15.9. The van der Waals surface area contributed by atoms with Crippen LogP contribution in [0.1, 0.15) is 27.0 Å². The van der Waals surface area contributed by atoms with Gasteiger partial charge in [-0.1, -0.05) is 37.3 Å². The molecule has 0 spiro atoms. The highest BCUT2D eigenvalue weighted by atomic mass is 35.5. The molecule has 1 aliphatic heterocycles. The van der Waals surface area contributed by atoms with Crippen LogP contribution in [0, 0.1) is 5.82 Å². The summed E-state index contributed by atoms with van der Waals surface area (Å²) in [5.74, 6) is -0.678. The topological polar surface area (TPSA) is 60.2 Å². The van der Waals surface area contributed by atoms with Crippen molar-refractivity contribution in [1.29, 1.82) is 0 Å². The molecule has 1 amide bonds. The summed E-state index contributed by atoms with van der Waals surface area (Å²) in [5.41, 5.74) is 4.80. The minimum atomic E-state index is -1.15. The third-order valence-electron chi connectivity index (χ3n) is 5.89. The van der Waals surface area contributed by atoms with Gasteiger partial charge in [-0.2, -0.15) is 0 Å². The summed E-state index contributed by atoms with van der Waals surface area (Å²) < 4.78 is 22.7. The average Bonchev–Trinajstić information content (AvgIpc) is 3.47. The summed E-state index contributed by atoms with van der Waals surface area (Å²) in [5, 5.41) is 0.301. The fourth-order valence-corrected chi connectivity index (χ4v) is 5.75. The molecule has 6 nitrogen and oxygen atoms in total. The lowest BCUT2D eigenvalue weighted by atomic mass is 10.0. The first-order valence-electron chi connectivity index (χ1n) is 11.0. The molecule has 1 atom stereocenters. The van der Waals surface area contributed by atoms with Crippen LogP contribution in [0.2, 0.25) is 30.7 Å². The van der Waals surface area contributed by atoms with E-state index in [9.17, 15) is 9.18 Å². The van der Waals surface area contributed by atoms with Gasteiger partial charge in [0.2, 0.25) is 0 Å². The first kappa shape index (κ1) is 23.2. The van der Waals surface area contributed by atoms with Crippen molar-refractivity contribution >= 4 is 53.6 Å². The molecule has 0 saturated heterocycles. The maximum absolute atomic E-state index is 14.9. The Morgan fingerprint density at radius 1 is 1.18 bits per heavy atom. The SMILES string of the molecule is C[Si](C)(C)CCOCn1cnc2cc(N3C(=O)c4scnc4C3c3ccc(Cl)cc3F)ccc21. The van der Waals surface area contributed by atoms with E-state index in [4.69, 9.17) is 16.3 Å². The van der Waals surface area contributed by atoms with Crippen molar-refractivity contribution in [2.24, 2.45) is 0 Å². The number of rotatable bonds is 7. The number of nitrogens with zero attached hydrogens (tertiary/aromatic N) is 4. The molecule has 2 aromatic heterocycles. The Labute approximate surface area is 207 Å². The number of fused-ring (bicyclic) bond motifs is 2. The van der Waals surface area contributed by atoms with Gasteiger partial charge in [-0.05, 0) is 36.4 Å². The van der Waals surface area contributed by atoms with Crippen LogP contribution in [-0.2, 0) is 11.5 Å². The molecule has 2 aromatic carbocycles. The summed E-state index contributed by atoms with van der Waals surface area (Å²) in [6.07, 6.45) is 1.74. The normalized spacial score (nSPS) is 16.0. The Kier molecular flexibility index (Phi) is 6.05. The van der Waals surface area contributed by atoms with Gasteiger partial charge in [-0.15, -0.1) is 11.3 Å². The number of thiazole rings is 1. The minimum Gasteiger partial charge on any atom is -0.361 e. The highest BCUT2D eigenvalue weighted by Gasteiger charge is 2.42. The van der Waals surface area contributed by atoms with Gasteiger partial charge in [-0.3, -0.25) is 9.69 Å². The van der Waals surface area contributed by atoms with Crippen LogP contribution in [0.3, 0.4) is 0 Å². The second kappa shape index (κ2) is 8.88. The lowest BCUT2D eigenvalue weighted by Crippen LogP contribution is -2.29. The monoisotopic (exact) mass is 514 g/mol. The zero-order valence-corrected chi connectivity index (χ0v) is 21.7. The Morgan fingerprint density at radius 2 is 2.00 bits per heavy atom. The zero-order chi connectivity index (χ0) is 24.0. The van der Waals surface area contributed by atoms with E-state index in [0.29, 0.717) is 33.6 Å². The molecular formula is C24H24ClFN4O2SSi. The molecule has 0 radical (unpaired) electrons. The van der Waals surface area contributed by atoms with Crippen LogP contribution in [0.4, 0.5) is 10.1 Å². The first-order chi connectivity index (χ1) is 16.2. The van der Waals surface area contributed by atoms with Crippen molar-refractivity contribution in [3.05, 3.63) is 75.2 Å². The van der Waals surface area contributed by atoms with Crippen LogP contribution >= 0.6 is 22.9 Å². The van der Waals surface area contributed by atoms with Crippen LogP contribution in [-0.4, -0.2) is 35.1 Å². The minimum absolute atomic E-state index is 0.203. The van der Waals surface area contributed by atoms with Crippen LogP contribution in [0.5, 0.6) is 0 Å². The lowest BCUT2D eigenvalue weighted by molar-refractivity contribution is 0.0898. The maximum atomic E-state index is 14.9. The standard InChI is InChI=1S/C24H24ClFN4O2SSi/c1-34(2,3)9-8-32-14-29-12-27-19-11-16(5-7-20(19)29)30-22(17-6-4-15(25)10-18(17)26)21-23(24(30)31)33-13-28-21/h4-7,10-13,22H,8-9,14H2,1-3H3. The zero-order valence-electron chi connectivity index (χ0n) is 19.1. The molecular weight excluding hydrogens is 491 g/mol. The summed E-state index contributed by atoms with van der Waals surface area (Å²) in [7, 11) is -1.15. The molecule has 4 aromatic rings. The molecule has 34 heavy (non-hydrogen) atoms. The molecule has 0 saturated carbocycles. The Hall–Kier alpha value is -2.59. The highest BCUT2D eigenvalue weighted by molar-refractivity contribution is 7.12. The van der Waals surface area contributed by atoms with Gasteiger partial charge in [0.15, 0.2) is 0 Å². The molecule has 10 heteroatoms. The highest BCUT2D eigenvalue weighted by Crippen LogP contribution is 2.43. The van der Waals surface area contributed by atoms with Crippen molar-refractivity contribution in [2.45, 2.75) is 38.5 Å². The van der Waals surface area contributed by atoms with E-state index in [1.165, 1.54) is 17.4 Å². The van der Waals surface area contributed by atoms with E-state index >= 15 is 0 Å². The molecule has 176 valence electrons. The summed E-state index contributed by atoms with van der Waals surface area (Å²) >= 11 is 7.23. The maximum Gasteiger partial charge on any atom is 0.271 e. The van der Waals surface area contributed by atoms with E-state index in [-0.39, 0.29) is 5.91 Å². The molecule has 3 heterocycles. The number of carbonyl (C=O) groups is 1. The van der Waals surface area contributed by atoms with Gasteiger partial charge in [0.25, 0.3) is 5.91 Å². The molecule has 0 fully saturated rings. The van der Waals surface area contributed by atoms with Gasteiger partial charge < -0.3 is 9.30 Å². The number of anilines is 1.